The number of carbonyl (C=O) groups is 1. The zero-order valence-corrected chi connectivity index (χ0v) is 12.5. The lowest BCUT2D eigenvalue weighted by Crippen LogP contribution is -2.40. The van der Waals surface area contributed by atoms with E-state index >= 15 is 0 Å². The summed E-state index contributed by atoms with van der Waals surface area (Å²) in [7, 11) is -4.37. The summed E-state index contributed by atoms with van der Waals surface area (Å²) in [6.07, 6.45) is -7.81. The van der Waals surface area contributed by atoms with Gasteiger partial charge in [-0.15, -0.1) is 11.3 Å². The van der Waals surface area contributed by atoms with Crippen molar-refractivity contribution in [3.63, 3.8) is 0 Å². The number of alkyl halides is 3. The van der Waals surface area contributed by atoms with Gasteiger partial charge in [0.15, 0.2) is 6.10 Å². The molecule has 0 fully saturated rings. The molecule has 0 aliphatic carbocycles. The van der Waals surface area contributed by atoms with E-state index in [4.69, 9.17) is 10.2 Å². The van der Waals surface area contributed by atoms with Gasteiger partial charge >= 0.3 is 12.1 Å². The van der Waals surface area contributed by atoms with Gasteiger partial charge in [-0.05, 0) is 22.0 Å². The van der Waals surface area contributed by atoms with Crippen molar-refractivity contribution in [2.45, 2.75) is 17.2 Å². The number of carboxylic acid groups (broad SMARTS) is 1. The molecule has 0 aromatic carbocycles. The summed E-state index contributed by atoms with van der Waals surface area (Å²) in [5.41, 5.74) is 0. The van der Waals surface area contributed by atoms with E-state index in [1.807, 2.05) is 0 Å². The van der Waals surface area contributed by atoms with Gasteiger partial charge in [0.1, 0.15) is 9.77 Å². The molecule has 0 aliphatic heterocycles. The van der Waals surface area contributed by atoms with Gasteiger partial charge in [0.25, 0.3) is 0 Å². The summed E-state index contributed by atoms with van der Waals surface area (Å²) in [4.78, 5) is 9.87. The van der Waals surface area contributed by atoms with E-state index in [9.17, 15) is 26.4 Å². The minimum Gasteiger partial charge on any atom is -0.477 e. The minimum absolute atomic E-state index is 0.0658. The fourth-order valence-corrected chi connectivity index (χ4v) is 4.46. The SMILES string of the molecule is O=C(O)c1cc(S(=O)(=O)NCC(O)C(F)(F)F)c(Br)s1. The van der Waals surface area contributed by atoms with Crippen molar-refractivity contribution in [1.29, 1.82) is 0 Å². The molecule has 0 bridgehead atoms. The highest BCUT2D eigenvalue weighted by Crippen LogP contribution is 2.31. The summed E-state index contributed by atoms with van der Waals surface area (Å²) in [5.74, 6) is -1.37. The first-order valence-corrected chi connectivity index (χ1v) is 7.81. The van der Waals surface area contributed by atoms with Crippen molar-refractivity contribution in [2.24, 2.45) is 0 Å². The molecule has 0 saturated carbocycles. The van der Waals surface area contributed by atoms with Crippen LogP contribution in [0.1, 0.15) is 9.67 Å². The zero-order chi connectivity index (χ0) is 15.7. The van der Waals surface area contributed by atoms with Crippen LogP contribution < -0.4 is 4.72 Å². The van der Waals surface area contributed by atoms with Crippen molar-refractivity contribution in [1.82, 2.24) is 4.72 Å². The average Bonchev–Trinajstić information content (AvgIpc) is 2.68. The third-order valence-corrected chi connectivity index (χ3v) is 5.66. The van der Waals surface area contributed by atoms with Crippen molar-refractivity contribution in [2.75, 3.05) is 6.54 Å². The molecule has 0 radical (unpaired) electrons. The third kappa shape index (κ3) is 4.15. The van der Waals surface area contributed by atoms with Crippen molar-refractivity contribution >= 4 is 43.3 Å². The van der Waals surface area contributed by atoms with E-state index in [2.05, 4.69) is 15.9 Å². The van der Waals surface area contributed by atoms with Crippen LogP contribution in [0, 0.1) is 0 Å². The van der Waals surface area contributed by atoms with Gasteiger partial charge < -0.3 is 10.2 Å². The van der Waals surface area contributed by atoms with Gasteiger partial charge in [-0.2, -0.15) is 13.2 Å². The van der Waals surface area contributed by atoms with E-state index in [1.54, 1.807) is 4.72 Å². The molecule has 6 nitrogen and oxygen atoms in total. The number of aliphatic hydroxyl groups excluding tert-OH is 1. The maximum atomic E-state index is 12.0. The highest BCUT2D eigenvalue weighted by molar-refractivity contribution is 9.11. The smallest absolute Gasteiger partial charge is 0.415 e. The Balaban J connectivity index is 2.92. The monoisotopic (exact) mass is 397 g/mol. The van der Waals surface area contributed by atoms with Crippen LogP contribution in [0.2, 0.25) is 0 Å². The molecule has 0 spiro atoms. The van der Waals surface area contributed by atoms with Crippen LogP contribution in [0.15, 0.2) is 14.7 Å². The second-order valence-electron chi connectivity index (χ2n) is 3.46. The Morgan fingerprint density at radius 3 is 2.45 bits per heavy atom. The highest BCUT2D eigenvalue weighted by Gasteiger charge is 2.39. The standard InChI is InChI=1S/C8H7BrF3NO5S2/c9-6-4(1-3(19-6)7(15)16)20(17,18)13-2-5(14)8(10,11)12/h1,5,13-14H,2H2,(H,15,16). The number of rotatable bonds is 5. The molecule has 12 heteroatoms. The summed E-state index contributed by atoms with van der Waals surface area (Å²) < 4.78 is 61.1. The molecule has 1 unspecified atom stereocenters. The lowest BCUT2D eigenvalue weighted by Gasteiger charge is -2.14. The molecule has 20 heavy (non-hydrogen) atoms. The number of nitrogens with one attached hydrogen (secondary N) is 1. The topological polar surface area (TPSA) is 104 Å². The molecular weight excluding hydrogens is 391 g/mol. The molecule has 114 valence electrons. The van der Waals surface area contributed by atoms with E-state index in [0.717, 1.165) is 6.07 Å². The van der Waals surface area contributed by atoms with Crippen LogP contribution in [0.4, 0.5) is 13.2 Å². The summed E-state index contributed by atoms with van der Waals surface area (Å²) in [6.45, 7) is -1.27. The average molecular weight is 398 g/mol. The van der Waals surface area contributed by atoms with Gasteiger partial charge in [0, 0.05) is 6.54 Å². The molecule has 1 aromatic heterocycles. The van der Waals surface area contributed by atoms with E-state index in [1.165, 1.54) is 0 Å². The normalized spacial score (nSPS) is 14.2. The molecule has 0 aliphatic rings. The first kappa shape index (κ1) is 17.4. The summed E-state index contributed by atoms with van der Waals surface area (Å²) in [5, 5.41) is 17.4. The van der Waals surface area contributed by atoms with Gasteiger partial charge in [-0.3, -0.25) is 0 Å². The number of hydrogen-bond acceptors (Lipinski definition) is 5. The Morgan fingerprint density at radius 2 is 2.05 bits per heavy atom. The molecule has 0 amide bonds. The van der Waals surface area contributed by atoms with Crippen LogP contribution >= 0.6 is 27.3 Å². The van der Waals surface area contributed by atoms with Crippen LogP contribution in [-0.2, 0) is 10.0 Å². The first-order valence-electron chi connectivity index (χ1n) is 4.72. The predicted molar refractivity (Wildman–Crippen MR) is 66.2 cm³/mol. The van der Waals surface area contributed by atoms with Crippen LogP contribution in [-0.4, -0.2) is 43.4 Å². The molecule has 3 N–H and O–H groups in total. The second kappa shape index (κ2) is 5.97. The fraction of sp³-hybridized carbons (Fsp3) is 0.375. The first-order chi connectivity index (χ1) is 8.95. The van der Waals surface area contributed by atoms with Crippen molar-refractivity contribution in [3.05, 3.63) is 14.7 Å². The fourth-order valence-electron chi connectivity index (χ4n) is 1.02. The summed E-state index contributed by atoms with van der Waals surface area (Å²) >= 11 is 3.42. The predicted octanol–water partition coefficient (Wildman–Crippen LogP) is 1.41. The van der Waals surface area contributed by atoms with Crippen molar-refractivity contribution in [3.8, 4) is 0 Å². The summed E-state index contributed by atoms with van der Waals surface area (Å²) in [6, 6.07) is 0.805. The van der Waals surface area contributed by atoms with Gasteiger partial charge in [-0.1, -0.05) is 0 Å². The van der Waals surface area contributed by atoms with Gasteiger partial charge in [0.05, 0.1) is 3.79 Å². The third-order valence-electron chi connectivity index (χ3n) is 2.00. The maximum Gasteiger partial charge on any atom is 0.415 e. The van der Waals surface area contributed by atoms with Crippen LogP contribution in [0.3, 0.4) is 0 Å². The second-order valence-corrected chi connectivity index (χ2v) is 7.57. The zero-order valence-electron chi connectivity index (χ0n) is 9.31. The number of sulfonamides is 1. The van der Waals surface area contributed by atoms with Gasteiger partial charge in [-0.25, -0.2) is 17.9 Å². The Bertz CT molecular complexity index is 612. The largest absolute Gasteiger partial charge is 0.477 e. The quantitative estimate of drug-likeness (QED) is 0.696. The van der Waals surface area contributed by atoms with E-state index in [0.29, 0.717) is 11.3 Å². The van der Waals surface area contributed by atoms with Gasteiger partial charge in [0.2, 0.25) is 10.0 Å². The van der Waals surface area contributed by atoms with Crippen LogP contribution in [0.25, 0.3) is 0 Å². The number of carboxylic acids is 1. The molecular formula is C8H7BrF3NO5S2. The Labute approximate surface area is 123 Å². The maximum absolute atomic E-state index is 12.0. The lowest BCUT2D eigenvalue weighted by molar-refractivity contribution is -0.200. The van der Waals surface area contributed by atoms with Crippen LogP contribution in [0.5, 0.6) is 0 Å². The minimum atomic E-state index is -4.96. The van der Waals surface area contributed by atoms with E-state index < -0.39 is 39.7 Å². The van der Waals surface area contributed by atoms with Crippen molar-refractivity contribution < 1.29 is 36.6 Å². The molecule has 1 rings (SSSR count). The molecule has 0 saturated heterocycles. The highest BCUT2D eigenvalue weighted by atomic mass is 79.9. The lowest BCUT2D eigenvalue weighted by atomic mass is 10.4. The number of halogens is 4. The Kier molecular flexibility index (Phi) is 5.18. The molecule has 1 heterocycles. The number of thiophene rings is 1. The molecule has 1 aromatic rings. The number of aliphatic hydroxyl groups is 1. The van der Waals surface area contributed by atoms with E-state index in [-0.39, 0.29) is 8.66 Å². The number of aromatic carboxylic acids is 1. The Morgan fingerprint density at radius 1 is 1.50 bits per heavy atom. The molecule has 1 atom stereocenters. The Hall–Kier alpha value is -0.690. The number of hydrogen-bond donors (Lipinski definition) is 3.